The predicted octanol–water partition coefficient (Wildman–Crippen LogP) is 9.67. The number of benzene rings is 4. The van der Waals surface area contributed by atoms with Gasteiger partial charge in [0.1, 0.15) is 17.5 Å². The zero-order chi connectivity index (χ0) is 28.7. The Labute approximate surface area is 231 Å². The fraction of sp³-hybridized carbons (Fsp3) is 0.294. The van der Waals surface area contributed by atoms with Crippen LogP contribution in [-0.4, -0.2) is 6.18 Å². The van der Waals surface area contributed by atoms with Crippen LogP contribution >= 0.6 is 0 Å². The third-order valence-corrected chi connectivity index (χ3v) is 6.92. The van der Waals surface area contributed by atoms with Gasteiger partial charge in [0, 0.05) is 22.1 Å². The number of alkyl halides is 3. The molecule has 0 N–H and O–H groups in total. The van der Waals surface area contributed by atoms with Gasteiger partial charge in [0.25, 0.3) is 0 Å². The van der Waals surface area contributed by atoms with Gasteiger partial charge < -0.3 is 0 Å². The lowest BCUT2D eigenvalue weighted by atomic mass is 9.98. The fourth-order valence-corrected chi connectivity index (χ4v) is 4.71. The number of unbranched alkanes of at least 4 members (excludes halogenated alkanes) is 3. The Kier molecular flexibility index (Phi) is 9.58. The minimum atomic E-state index is -4.72. The fourth-order valence-electron chi connectivity index (χ4n) is 4.71. The van der Waals surface area contributed by atoms with Crippen molar-refractivity contribution in [1.82, 2.24) is 0 Å². The predicted molar refractivity (Wildman–Crippen MR) is 148 cm³/mol. The van der Waals surface area contributed by atoms with Crippen LogP contribution in [0.2, 0.25) is 0 Å². The van der Waals surface area contributed by atoms with Crippen molar-refractivity contribution < 1.29 is 26.3 Å². The van der Waals surface area contributed by atoms with E-state index in [-0.39, 0.29) is 18.4 Å². The van der Waals surface area contributed by atoms with E-state index in [2.05, 4.69) is 30.9 Å². The summed E-state index contributed by atoms with van der Waals surface area (Å²) >= 11 is 0. The second-order valence-electron chi connectivity index (χ2n) is 10.1. The molecule has 0 fully saturated rings. The zero-order valence-corrected chi connectivity index (χ0v) is 22.3. The molecule has 0 saturated carbocycles. The summed E-state index contributed by atoms with van der Waals surface area (Å²) in [6, 6.07) is 18.6. The third kappa shape index (κ3) is 7.91. The first-order chi connectivity index (χ1) is 19.1. The maximum atomic E-state index is 15.2. The number of hydrogen-bond acceptors (Lipinski definition) is 0. The van der Waals surface area contributed by atoms with Crippen LogP contribution < -0.4 is 0 Å². The van der Waals surface area contributed by atoms with E-state index in [1.165, 1.54) is 31.2 Å². The summed E-state index contributed by atoms with van der Waals surface area (Å²) in [4.78, 5) is 0. The van der Waals surface area contributed by atoms with Crippen LogP contribution in [0.15, 0.2) is 66.7 Å². The lowest BCUT2D eigenvalue weighted by molar-refractivity contribution is -0.128. The standard InChI is InChI=1S/C34H30F6/c1-2-3-4-5-6-23-7-9-24(10-8-23)11-12-25-14-18-29-28(19-25)17-16-27(33(29)37)15-13-26-20-31(35)30(32(36)21-26)22-34(38,39)40/h7-10,14,16-21H,2-6,13,15,22H2,1H3. The summed E-state index contributed by atoms with van der Waals surface area (Å²) in [6.07, 6.45) is -0.227. The molecule has 0 aliphatic heterocycles. The van der Waals surface area contributed by atoms with E-state index in [1.54, 1.807) is 30.3 Å². The summed E-state index contributed by atoms with van der Waals surface area (Å²) in [5, 5.41) is 1.07. The Balaban J connectivity index is 1.43. The maximum Gasteiger partial charge on any atom is 0.393 e. The lowest BCUT2D eigenvalue weighted by Crippen LogP contribution is -2.14. The Morgan fingerprint density at radius 1 is 0.650 bits per heavy atom. The smallest absolute Gasteiger partial charge is 0.207 e. The average molecular weight is 553 g/mol. The molecule has 208 valence electrons. The summed E-state index contributed by atoms with van der Waals surface area (Å²) in [5.41, 5.74) is 2.44. The molecule has 0 heterocycles. The molecule has 0 aromatic heterocycles. The van der Waals surface area contributed by atoms with Crippen molar-refractivity contribution in [3.8, 4) is 11.8 Å². The van der Waals surface area contributed by atoms with Gasteiger partial charge in [-0.2, -0.15) is 13.2 Å². The molecule has 0 amide bonds. The highest BCUT2D eigenvalue weighted by Crippen LogP contribution is 2.27. The van der Waals surface area contributed by atoms with Gasteiger partial charge in [-0.3, -0.25) is 0 Å². The van der Waals surface area contributed by atoms with E-state index < -0.39 is 35.6 Å². The van der Waals surface area contributed by atoms with Gasteiger partial charge in [-0.1, -0.05) is 68.4 Å². The molecular weight excluding hydrogens is 522 g/mol. The molecule has 6 heteroatoms. The van der Waals surface area contributed by atoms with Crippen molar-refractivity contribution in [2.24, 2.45) is 0 Å². The topological polar surface area (TPSA) is 0 Å². The van der Waals surface area contributed by atoms with Crippen molar-refractivity contribution in [1.29, 1.82) is 0 Å². The molecule has 0 bridgehead atoms. The molecule has 0 saturated heterocycles. The number of halogens is 6. The minimum Gasteiger partial charge on any atom is -0.207 e. The first-order valence-electron chi connectivity index (χ1n) is 13.5. The lowest BCUT2D eigenvalue weighted by Gasteiger charge is -2.11. The third-order valence-electron chi connectivity index (χ3n) is 6.92. The van der Waals surface area contributed by atoms with E-state index in [9.17, 15) is 22.0 Å². The molecule has 40 heavy (non-hydrogen) atoms. The monoisotopic (exact) mass is 552 g/mol. The second-order valence-corrected chi connectivity index (χ2v) is 10.1. The molecule has 4 rings (SSSR count). The zero-order valence-electron chi connectivity index (χ0n) is 22.3. The quantitative estimate of drug-likeness (QED) is 0.110. The van der Waals surface area contributed by atoms with E-state index in [4.69, 9.17) is 0 Å². The molecular formula is C34H30F6. The van der Waals surface area contributed by atoms with Gasteiger partial charge in [-0.05, 0) is 84.2 Å². The highest BCUT2D eigenvalue weighted by Gasteiger charge is 2.31. The molecule has 0 radical (unpaired) electrons. The molecule has 4 aromatic carbocycles. The summed E-state index contributed by atoms with van der Waals surface area (Å²) in [7, 11) is 0. The Morgan fingerprint density at radius 3 is 2.00 bits per heavy atom. The second kappa shape index (κ2) is 13.1. The van der Waals surface area contributed by atoms with Crippen LogP contribution in [0.1, 0.15) is 66.0 Å². The van der Waals surface area contributed by atoms with Gasteiger partial charge in [-0.25, -0.2) is 13.2 Å². The number of hydrogen-bond donors (Lipinski definition) is 0. The van der Waals surface area contributed by atoms with Crippen LogP contribution in [0.25, 0.3) is 10.8 Å². The maximum absolute atomic E-state index is 15.2. The SMILES string of the molecule is CCCCCCc1ccc(C#Cc2ccc3c(F)c(CCc4cc(F)c(CC(F)(F)F)c(F)c4)ccc3c2)cc1. The van der Waals surface area contributed by atoms with Crippen LogP contribution in [0, 0.1) is 29.3 Å². The molecule has 4 aromatic rings. The Morgan fingerprint density at radius 2 is 1.32 bits per heavy atom. The Bertz CT molecular complexity index is 1500. The van der Waals surface area contributed by atoms with E-state index >= 15 is 4.39 Å². The summed E-state index contributed by atoms with van der Waals surface area (Å²) in [6.45, 7) is 2.20. The normalized spacial score (nSPS) is 11.5. The highest BCUT2D eigenvalue weighted by molar-refractivity contribution is 5.85. The largest absolute Gasteiger partial charge is 0.393 e. The van der Waals surface area contributed by atoms with Crippen molar-refractivity contribution in [2.75, 3.05) is 0 Å². The van der Waals surface area contributed by atoms with Crippen molar-refractivity contribution in [3.63, 3.8) is 0 Å². The van der Waals surface area contributed by atoms with Crippen LogP contribution in [-0.2, 0) is 25.7 Å². The van der Waals surface area contributed by atoms with Crippen LogP contribution in [0.3, 0.4) is 0 Å². The summed E-state index contributed by atoms with van der Waals surface area (Å²) < 4.78 is 81.2. The van der Waals surface area contributed by atoms with Gasteiger partial charge in [-0.15, -0.1) is 0 Å². The van der Waals surface area contributed by atoms with Crippen molar-refractivity contribution in [2.45, 2.75) is 64.5 Å². The van der Waals surface area contributed by atoms with E-state index in [0.29, 0.717) is 16.3 Å². The highest BCUT2D eigenvalue weighted by atomic mass is 19.4. The molecule has 0 atom stereocenters. The average Bonchev–Trinajstić information content (AvgIpc) is 2.92. The van der Waals surface area contributed by atoms with Gasteiger partial charge in [0.2, 0.25) is 0 Å². The summed E-state index contributed by atoms with van der Waals surface area (Å²) in [5.74, 6) is 3.33. The van der Waals surface area contributed by atoms with E-state index in [1.807, 2.05) is 12.1 Å². The molecule has 0 aliphatic rings. The first kappa shape index (κ1) is 29.3. The van der Waals surface area contributed by atoms with E-state index in [0.717, 1.165) is 29.7 Å². The van der Waals surface area contributed by atoms with Crippen molar-refractivity contribution in [3.05, 3.63) is 118 Å². The van der Waals surface area contributed by atoms with Crippen LogP contribution in [0.4, 0.5) is 26.3 Å². The van der Waals surface area contributed by atoms with Crippen LogP contribution in [0.5, 0.6) is 0 Å². The van der Waals surface area contributed by atoms with Crippen molar-refractivity contribution >= 4 is 10.8 Å². The minimum absolute atomic E-state index is 0.0731. The van der Waals surface area contributed by atoms with Gasteiger partial charge in [0.05, 0.1) is 6.42 Å². The number of fused-ring (bicyclic) bond motifs is 1. The molecule has 0 spiro atoms. The Hall–Kier alpha value is -3.72. The number of rotatable bonds is 9. The first-order valence-corrected chi connectivity index (χ1v) is 13.5. The molecule has 0 aliphatic carbocycles. The molecule has 0 nitrogen and oxygen atoms in total. The van der Waals surface area contributed by atoms with Gasteiger partial charge >= 0.3 is 6.18 Å². The molecule has 0 unspecified atom stereocenters. The number of aryl methyl sites for hydroxylation is 3. The van der Waals surface area contributed by atoms with Gasteiger partial charge in [0.15, 0.2) is 0 Å².